The third-order valence-electron chi connectivity index (χ3n) is 3.85. The number of hydrogen-bond acceptors (Lipinski definition) is 5. The third-order valence-corrected chi connectivity index (χ3v) is 4.20. The molecule has 0 radical (unpaired) electrons. The van der Waals surface area contributed by atoms with Gasteiger partial charge in [0.05, 0.1) is 0 Å². The van der Waals surface area contributed by atoms with Crippen molar-refractivity contribution in [3.63, 3.8) is 0 Å². The highest BCUT2D eigenvalue weighted by Crippen LogP contribution is 2.28. The van der Waals surface area contributed by atoms with Gasteiger partial charge in [-0.2, -0.15) is 4.21 Å². The molecule has 0 aliphatic rings. The Morgan fingerprint density at radius 1 is 1.04 bits per heavy atom. The minimum absolute atomic E-state index is 0.306. The van der Waals surface area contributed by atoms with Gasteiger partial charge in [0.25, 0.3) is 0 Å². The topological polar surface area (TPSA) is 79.7 Å². The zero-order valence-electron chi connectivity index (χ0n) is 13.9. The molecule has 7 heteroatoms. The summed E-state index contributed by atoms with van der Waals surface area (Å²) in [5.41, 5.74) is 4.06. The van der Waals surface area contributed by atoms with Crippen molar-refractivity contribution < 1.29 is 17.8 Å². The predicted molar refractivity (Wildman–Crippen MR) is 101 cm³/mol. The van der Waals surface area contributed by atoms with E-state index in [1.807, 2.05) is 54.6 Å². The van der Waals surface area contributed by atoms with Crippen LogP contribution >= 0.6 is 0 Å². The lowest BCUT2D eigenvalue weighted by Crippen LogP contribution is -2.20. The predicted octanol–water partition coefficient (Wildman–Crippen LogP) is 3.73. The number of carbonyl (C=O) groups is 1. The highest BCUT2D eigenvalue weighted by molar-refractivity contribution is 7.74. The standard InChI is InChI=1S/C19H16N2O4S/c1-21(25-26(23)24)19-11-18(17(13-22)12-20-19)16-9-7-15(8-10-16)14-5-3-2-4-6-14/h2-13H,1H3,(H,23,24). The number of aldehydes is 1. The summed E-state index contributed by atoms with van der Waals surface area (Å²) >= 11 is -2.46. The molecule has 0 amide bonds. The lowest BCUT2D eigenvalue weighted by atomic mass is 9.98. The van der Waals surface area contributed by atoms with Crippen molar-refractivity contribution in [1.82, 2.24) is 4.98 Å². The van der Waals surface area contributed by atoms with Crippen LogP contribution in [0.5, 0.6) is 0 Å². The zero-order chi connectivity index (χ0) is 18.5. The fourth-order valence-electron chi connectivity index (χ4n) is 2.58. The molecule has 0 fully saturated rings. The molecule has 1 aromatic heterocycles. The van der Waals surface area contributed by atoms with E-state index in [9.17, 15) is 9.00 Å². The molecule has 0 spiro atoms. The first-order valence-electron chi connectivity index (χ1n) is 7.72. The molecule has 1 heterocycles. The third kappa shape index (κ3) is 4.02. The van der Waals surface area contributed by atoms with Crippen LogP contribution in [-0.4, -0.2) is 27.1 Å². The van der Waals surface area contributed by atoms with E-state index >= 15 is 0 Å². The number of benzene rings is 2. The van der Waals surface area contributed by atoms with Gasteiger partial charge in [0.2, 0.25) is 0 Å². The number of pyridine rings is 1. The number of hydrogen-bond donors (Lipinski definition) is 1. The Morgan fingerprint density at radius 3 is 2.27 bits per heavy atom. The van der Waals surface area contributed by atoms with Gasteiger partial charge in [0.15, 0.2) is 12.1 Å². The summed E-state index contributed by atoms with van der Waals surface area (Å²) in [7, 11) is 1.46. The number of rotatable bonds is 6. The molecular weight excluding hydrogens is 352 g/mol. The zero-order valence-corrected chi connectivity index (χ0v) is 14.7. The van der Waals surface area contributed by atoms with Crippen LogP contribution in [0, 0.1) is 0 Å². The summed E-state index contributed by atoms with van der Waals surface area (Å²) in [5.74, 6) is 0.306. The summed E-state index contributed by atoms with van der Waals surface area (Å²) in [6.45, 7) is 0. The van der Waals surface area contributed by atoms with Crippen molar-refractivity contribution >= 4 is 23.5 Å². The van der Waals surface area contributed by atoms with E-state index in [4.69, 9.17) is 4.55 Å². The fraction of sp³-hybridized carbons (Fsp3) is 0.0526. The van der Waals surface area contributed by atoms with Crippen LogP contribution in [0.3, 0.4) is 0 Å². The molecule has 0 bridgehead atoms. The van der Waals surface area contributed by atoms with Gasteiger partial charge in [0.1, 0.15) is 0 Å². The van der Waals surface area contributed by atoms with E-state index < -0.39 is 11.4 Å². The van der Waals surface area contributed by atoms with Crippen LogP contribution in [-0.2, 0) is 15.6 Å². The number of carbonyl (C=O) groups excluding carboxylic acids is 1. The number of anilines is 1. The van der Waals surface area contributed by atoms with Gasteiger partial charge in [-0.15, -0.1) is 4.28 Å². The lowest BCUT2D eigenvalue weighted by molar-refractivity contribution is 0.112. The summed E-state index contributed by atoms with van der Waals surface area (Å²) < 4.78 is 24.3. The summed E-state index contributed by atoms with van der Waals surface area (Å²) in [4.78, 5) is 15.5. The maximum atomic E-state index is 11.4. The van der Waals surface area contributed by atoms with Crippen molar-refractivity contribution in [3.05, 3.63) is 72.4 Å². The van der Waals surface area contributed by atoms with Crippen molar-refractivity contribution in [2.45, 2.75) is 0 Å². The average molecular weight is 368 g/mol. The minimum atomic E-state index is -2.46. The van der Waals surface area contributed by atoms with Crippen LogP contribution in [0.4, 0.5) is 5.82 Å². The Labute approximate surface area is 153 Å². The number of nitrogens with zero attached hydrogens (tertiary/aromatic N) is 2. The Bertz CT molecular complexity index is 930. The van der Waals surface area contributed by atoms with E-state index in [1.165, 1.54) is 13.2 Å². The fourth-order valence-corrected chi connectivity index (χ4v) is 2.85. The van der Waals surface area contributed by atoms with Crippen LogP contribution in [0.25, 0.3) is 22.3 Å². The van der Waals surface area contributed by atoms with Gasteiger partial charge in [-0.1, -0.05) is 54.6 Å². The molecule has 2 aromatic carbocycles. The molecular formula is C19H16N2O4S. The van der Waals surface area contributed by atoms with Gasteiger partial charge in [-0.05, 0) is 28.3 Å². The highest BCUT2D eigenvalue weighted by atomic mass is 32.2. The maximum Gasteiger partial charge on any atom is 0.325 e. The largest absolute Gasteiger partial charge is 0.325 e. The second kappa shape index (κ2) is 8.01. The van der Waals surface area contributed by atoms with Crippen LogP contribution in [0.1, 0.15) is 10.4 Å². The molecule has 26 heavy (non-hydrogen) atoms. The van der Waals surface area contributed by atoms with Crippen molar-refractivity contribution in [2.24, 2.45) is 0 Å². The normalized spacial score (nSPS) is 11.8. The van der Waals surface area contributed by atoms with Crippen molar-refractivity contribution in [1.29, 1.82) is 0 Å². The molecule has 0 aliphatic carbocycles. The molecule has 6 nitrogen and oxygen atoms in total. The Kier molecular flexibility index (Phi) is 5.52. The smallest absolute Gasteiger partial charge is 0.298 e. The monoisotopic (exact) mass is 368 g/mol. The first-order chi connectivity index (χ1) is 12.6. The van der Waals surface area contributed by atoms with Gasteiger partial charge in [0, 0.05) is 18.8 Å². The van der Waals surface area contributed by atoms with E-state index in [-0.39, 0.29) is 0 Å². The van der Waals surface area contributed by atoms with E-state index in [1.54, 1.807) is 6.07 Å². The van der Waals surface area contributed by atoms with E-state index in [0.29, 0.717) is 16.9 Å². The van der Waals surface area contributed by atoms with Crippen LogP contribution < -0.4 is 5.06 Å². The molecule has 3 rings (SSSR count). The van der Waals surface area contributed by atoms with Crippen LogP contribution in [0.15, 0.2) is 66.9 Å². The average Bonchev–Trinajstić information content (AvgIpc) is 2.68. The van der Waals surface area contributed by atoms with Gasteiger partial charge in [-0.25, -0.2) is 10.0 Å². The molecule has 132 valence electrons. The first kappa shape index (κ1) is 17.9. The van der Waals surface area contributed by atoms with Gasteiger partial charge in [-0.3, -0.25) is 9.35 Å². The van der Waals surface area contributed by atoms with Crippen LogP contribution in [0.2, 0.25) is 0 Å². The molecule has 0 aliphatic heterocycles. The van der Waals surface area contributed by atoms with E-state index in [0.717, 1.165) is 28.0 Å². The maximum absolute atomic E-state index is 11.4. The second-order valence-electron chi connectivity index (χ2n) is 5.48. The number of hydroxylamine groups is 1. The highest BCUT2D eigenvalue weighted by Gasteiger charge is 2.12. The molecule has 0 saturated heterocycles. The Hall–Kier alpha value is -2.87. The molecule has 3 aromatic rings. The van der Waals surface area contributed by atoms with Crippen molar-refractivity contribution in [2.75, 3.05) is 12.1 Å². The lowest BCUT2D eigenvalue weighted by Gasteiger charge is -2.16. The quantitative estimate of drug-likeness (QED) is 0.406. The molecule has 1 unspecified atom stereocenters. The SMILES string of the molecule is CN(OS(=O)O)c1cc(-c2ccc(-c3ccccc3)cc2)c(C=O)cn1. The summed E-state index contributed by atoms with van der Waals surface area (Å²) in [6.07, 6.45) is 2.13. The van der Waals surface area contributed by atoms with Crippen molar-refractivity contribution in [3.8, 4) is 22.3 Å². The van der Waals surface area contributed by atoms with Gasteiger partial charge >= 0.3 is 11.4 Å². The van der Waals surface area contributed by atoms with Gasteiger partial charge < -0.3 is 0 Å². The number of aromatic nitrogens is 1. The summed E-state index contributed by atoms with van der Waals surface area (Å²) in [5, 5.41) is 1.08. The molecule has 1 atom stereocenters. The summed E-state index contributed by atoms with van der Waals surface area (Å²) in [6, 6.07) is 19.4. The first-order valence-corrected chi connectivity index (χ1v) is 8.76. The Morgan fingerprint density at radius 2 is 1.65 bits per heavy atom. The Balaban J connectivity index is 1.97. The molecule has 0 saturated carbocycles. The van der Waals surface area contributed by atoms with E-state index in [2.05, 4.69) is 9.27 Å². The second-order valence-corrected chi connectivity index (χ2v) is 6.06. The molecule has 1 N–H and O–H groups in total. The minimum Gasteiger partial charge on any atom is -0.298 e.